The van der Waals surface area contributed by atoms with E-state index in [9.17, 15) is 9.59 Å². The average Bonchev–Trinajstić information content (AvgIpc) is 2.68. The molecule has 0 saturated heterocycles. The van der Waals surface area contributed by atoms with Crippen molar-refractivity contribution in [3.05, 3.63) is 43.8 Å². The van der Waals surface area contributed by atoms with E-state index in [-0.39, 0.29) is 23.6 Å². The van der Waals surface area contributed by atoms with E-state index in [1.165, 1.54) is 0 Å². The third-order valence-corrected chi connectivity index (χ3v) is 6.53. The van der Waals surface area contributed by atoms with Crippen LogP contribution in [0.2, 0.25) is 0 Å². The summed E-state index contributed by atoms with van der Waals surface area (Å²) in [5.74, 6) is 1.30. The lowest BCUT2D eigenvalue weighted by Gasteiger charge is -2.37. The van der Waals surface area contributed by atoms with Crippen molar-refractivity contribution in [2.45, 2.75) is 64.4 Å². The normalized spacial score (nSPS) is 19.9. The quantitative estimate of drug-likeness (QED) is 0.594. The van der Waals surface area contributed by atoms with Crippen molar-refractivity contribution in [2.75, 3.05) is 7.11 Å². The Morgan fingerprint density at radius 2 is 1.59 bits per heavy atom. The third kappa shape index (κ3) is 3.71. The van der Waals surface area contributed by atoms with Crippen molar-refractivity contribution in [1.82, 2.24) is 5.32 Å². The molecule has 0 fully saturated rings. The summed E-state index contributed by atoms with van der Waals surface area (Å²) < 4.78 is 12.5. The molecule has 0 aromatic heterocycles. The van der Waals surface area contributed by atoms with Gasteiger partial charge in [-0.25, -0.2) is 0 Å². The van der Waals surface area contributed by atoms with Crippen LogP contribution in [0.1, 0.15) is 63.9 Å². The molecule has 5 nitrogen and oxygen atoms in total. The maximum Gasteiger partial charge on any atom is 0.174 e. The lowest BCUT2D eigenvalue weighted by Crippen LogP contribution is -2.36. The molecule has 29 heavy (non-hydrogen) atoms. The number of carbonyl (C=O) groups excluding carboxylic acids is 2. The highest BCUT2D eigenvalue weighted by molar-refractivity contribution is 14.1. The maximum absolute atomic E-state index is 13.0. The summed E-state index contributed by atoms with van der Waals surface area (Å²) in [5, 5.41) is 3.46. The first-order chi connectivity index (χ1) is 13.9. The highest BCUT2D eigenvalue weighted by Crippen LogP contribution is 2.47. The van der Waals surface area contributed by atoms with Crippen molar-refractivity contribution in [1.29, 1.82) is 0 Å². The number of allylic oxidation sites excluding steroid dienone is 4. The fourth-order valence-corrected chi connectivity index (χ4v) is 5.33. The zero-order chi connectivity index (χ0) is 20.7. The number of halogens is 1. The van der Waals surface area contributed by atoms with Gasteiger partial charge in [0.15, 0.2) is 23.1 Å². The molecule has 0 spiro atoms. The first-order valence-electron chi connectivity index (χ1n) is 10.2. The monoisotopic (exact) mass is 507 g/mol. The molecule has 0 radical (unpaired) electrons. The number of dihydropyridines is 1. The van der Waals surface area contributed by atoms with Gasteiger partial charge < -0.3 is 14.8 Å². The maximum atomic E-state index is 13.0. The zero-order valence-corrected chi connectivity index (χ0v) is 19.2. The van der Waals surface area contributed by atoms with Crippen LogP contribution in [0.4, 0.5) is 0 Å². The van der Waals surface area contributed by atoms with Gasteiger partial charge in [0.1, 0.15) is 0 Å². The van der Waals surface area contributed by atoms with Crippen LogP contribution in [0.25, 0.3) is 0 Å². The fraction of sp³-hybridized carbons (Fsp3) is 0.478. The van der Waals surface area contributed by atoms with E-state index < -0.39 is 0 Å². The minimum absolute atomic E-state index is 0.0191. The minimum Gasteiger partial charge on any atom is -0.493 e. The molecule has 1 aromatic carbocycles. The molecule has 0 atom stereocenters. The van der Waals surface area contributed by atoms with Crippen molar-refractivity contribution >= 4 is 34.2 Å². The highest BCUT2D eigenvalue weighted by atomic mass is 127. The molecule has 6 heteroatoms. The first-order valence-corrected chi connectivity index (χ1v) is 11.3. The third-order valence-electron chi connectivity index (χ3n) is 5.73. The van der Waals surface area contributed by atoms with Gasteiger partial charge in [-0.1, -0.05) is 0 Å². The van der Waals surface area contributed by atoms with Gasteiger partial charge in [0.25, 0.3) is 0 Å². The van der Waals surface area contributed by atoms with Crippen LogP contribution in [-0.4, -0.2) is 24.8 Å². The Labute approximate surface area is 185 Å². The zero-order valence-electron chi connectivity index (χ0n) is 17.1. The van der Waals surface area contributed by atoms with E-state index in [4.69, 9.17) is 9.47 Å². The largest absolute Gasteiger partial charge is 0.493 e. The predicted octanol–water partition coefficient (Wildman–Crippen LogP) is 4.79. The summed E-state index contributed by atoms with van der Waals surface area (Å²) in [7, 11) is 1.62. The molecule has 1 heterocycles. The molecular formula is C23H26INO4. The number of nitrogens with one attached hydrogen (secondary N) is 1. The molecule has 2 aliphatic carbocycles. The van der Waals surface area contributed by atoms with Gasteiger partial charge in [-0.2, -0.15) is 0 Å². The van der Waals surface area contributed by atoms with Crippen LogP contribution in [0.3, 0.4) is 0 Å². The van der Waals surface area contributed by atoms with E-state index in [0.29, 0.717) is 24.3 Å². The van der Waals surface area contributed by atoms with Crippen LogP contribution in [-0.2, 0) is 9.59 Å². The Balaban J connectivity index is 1.89. The van der Waals surface area contributed by atoms with Gasteiger partial charge >= 0.3 is 0 Å². The highest BCUT2D eigenvalue weighted by Gasteiger charge is 2.40. The van der Waals surface area contributed by atoms with Gasteiger partial charge in [0.2, 0.25) is 0 Å². The predicted molar refractivity (Wildman–Crippen MR) is 119 cm³/mol. The number of ether oxygens (including phenoxy) is 2. The summed E-state index contributed by atoms with van der Waals surface area (Å²) in [6.07, 6.45) is 4.51. The number of Topliss-reactive ketones (excluding diaryl/α,β-unsaturated/α-hetero) is 2. The number of hydrogen-bond acceptors (Lipinski definition) is 5. The van der Waals surface area contributed by atoms with Crippen molar-refractivity contribution in [2.24, 2.45) is 0 Å². The summed E-state index contributed by atoms with van der Waals surface area (Å²) in [6, 6.07) is 3.98. The number of hydrogen-bond donors (Lipinski definition) is 1. The van der Waals surface area contributed by atoms with E-state index in [1.54, 1.807) is 7.11 Å². The summed E-state index contributed by atoms with van der Waals surface area (Å²) in [6.45, 7) is 3.96. The van der Waals surface area contributed by atoms with E-state index >= 15 is 0 Å². The van der Waals surface area contributed by atoms with Crippen molar-refractivity contribution in [3.8, 4) is 11.5 Å². The molecule has 4 rings (SSSR count). The molecule has 3 aliphatic rings. The average molecular weight is 507 g/mol. The SMILES string of the molecule is COc1cc(C2C3=C(CCCC3=O)NC3=C2C(=O)CCC3)cc(I)c1OC(C)C. The lowest BCUT2D eigenvalue weighted by atomic mass is 9.71. The summed E-state index contributed by atoms with van der Waals surface area (Å²) in [4.78, 5) is 25.9. The Kier molecular flexibility index (Phi) is 5.73. The molecule has 1 aliphatic heterocycles. The topological polar surface area (TPSA) is 64.6 Å². The molecule has 0 unspecified atom stereocenters. The van der Waals surface area contributed by atoms with Crippen LogP contribution >= 0.6 is 22.6 Å². The lowest BCUT2D eigenvalue weighted by molar-refractivity contribution is -0.116. The Morgan fingerprint density at radius 1 is 1.00 bits per heavy atom. The van der Waals surface area contributed by atoms with Crippen LogP contribution in [0.5, 0.6) is 11.5 Å². The molecule has 1 aromatic rings. The fourth-order valence-electron chi connectivity index (χ4n) is 4.57. The van der Waals surface area contributed by atoms with E-state index in [0.717, 1.165) is 57.4 Å². The number of rotatable bonds is 4. The van der Waals surface area contributed by atoms with Crippen LogP contribution < -0.4 is 14.8 Å². The first kappa shape index (κ1) is 20.4. The van der Waals surface area contributed by atoms with E-state index in [2.05, 4.69) is 27.9 Å². The Hall–Kier alpha value is -1.83. The van der Waals surface area contributed by atoms with Gasteiger partial charge in [-0.3, -0.25) is 9.59 Å². The standard InChI is InChI=1S/C23H26INO4/c1-12(2)29-23-14(24)10-13(11-19(23)28-3)20-21-15(6-4-8-17(21)26)25-16-7-5-9-18(27)22(16)20/h10-12,20,25H,4-9H2,1-3H3. The Morgan fingerprint density at radius 3 is 2.10 bits per heavy atom. The molecule has 1 N–H and O–H groups in total. The molecule has 0 bridgehead atoms. The second-order valence-electron chi connectivity index (χ2n) is 8.10. The number of ketones is 2. The number of methoxy groups -OCH3 is 1. The van der Waals surface area contributed by atoms with Gasteiger partial charge in [0.05, 0.1) is 16.8 Å². The van der Waals surface area contributed by atoms with Crippen molar-refractivity contribution in [3.63, 3.8) is 0 Å². The smallest absolute Gasteiger partial charge is 0.174 e. The van der Waals surface area contributed by atoms with Gasteiger partial charge in [-0.15, -0.1) is 0 Å². The second kappa shape index (κ2) is 8.13. The Bertz CT molecular complexity index is 902. The van der Waals surface area contributed by atoms with Crippen LogP contribution in [0, 0.1) is 3.57 Å². The van der Waals surface area contributed by atoms with Crippen molar-refractivity contribution < 1.29 is 19.1 Å². The molecule has 0 saturated carbocycles. The number of carbonyl (C=O) groups is 2. The summed E-state index contributed by atoms with van der Waals surface area (Å²) >= 11 is 2.25. The number of benzene rings is 1. The minimum atomic E-state index is -0.322. The van der Waals surface area contributed by atoms with E-state index in [1.807, 2.05) is 26.0 Å². The van der Waals surface area contributed by atoms with Crippen LogP contribution in [0.15, 0.2) is 34.7 Å². The van der Waals surface area contributed by atoms with Gasteiger partial charge in [-0.05, 0) is 79.8 Å². The van der Waals surface area contributed by atoms with Gasteiger partial charge in [0, 0.05) is 41.3 Å². The molecule has 154 valence electrons. The second-order valence-corrected chi connectivity index (χ2v) is 9.26. The summed E-state index contributed by atoms with van der Waals surface area (Å²) in [5.41, 5.74) is 4.45. The molecular weight excluding hydrogens is 481 g/mol. The molecule has 0 amide bonds.